The molecule has 0 saturated carbocycles. The first-order chi connectivity index (χ1) is 10.5. The van der Waals surface area contributed by atoms with Gasteiger partial charge in [0.1, 0.15) is 5.82 Å². The second-order valence-electron chi connectivity index (χ2n) is 5.55. The predicted molar refractivity (Wildman–Crippen MR) is 77.5 cm³/mol. The molecular formula is C16H19FN2O3. The minimum absolute atomic E-state index is 0.0253. The van der Waals surface area contributed by atoms with Gasteiger partial charge in [-0.15, -0.1) is 0 Å². The highest BCUT2D eigenvalue weighted by molar-refractivity contribution is 5.72. The molecule has 0 bridgehead atoms. The van der Waals surface area contributed by atoms with Crippen LogP contribution in [0, 0.1) is 11.7 Å². The van der Waals surface area contributed by atoms with E-state index < -0.39 is 0 Å². The van der Waals surface area contributed by atoms with Crippen LogP contribution in [0.2, 0.25) is 0 Å². The van der Waals surface area contributed by atoms with Crippen LogP contribution in [-0.2, 0) is 22.6 Å². The van der Waals surface area contributed by atoms with Crippen molar-refractivity contribution in [2.75, 3.05) is 0 Å². The molecule has 2 rings (SSSR count). The Morgan fingerprint density at radius 1 is 1.36 bits per heavy atom. The van der Waals surface area contributed by atoms with Gasteiger partial charge < -0.3 is 9.26 Å². The summed E-state index contributed by atoms with van der Waals surface area (Å²) in [4.78, 5) is 16.1. The summed E-state index contributed by atoms with van der Waals surface area (Å²) < 4.78 is 23.3. The summed E-state index contributed by atoms with van der Waals surface area (Å²) in [6.45, 7) is 5.58. The number of nitrogens with zero attached hydrogens (tertiary/aromatic N) is 2. The molecule has 1 unspecified atom stereocenters. The highest BCUT2D eigenvalue weighted by atomic mass is 19.1. The third-order valence-corrected chi connectivity index (χ3v) is 3.15. The standard InChI is InChI=1S/C16H19FN2O3/c1-10(2)15-18-14(19-22-15)9-21-16(20)11(3)7-12-5-4-6-13(17)8-12/h4-6,8,10-11H,7,9H2,1-3H3. The monoisotopic (exact) mass is 306 g/mol. The number of aromatic nitrogens is 2. The number of ether oxygens (including phenoxy) is 1. The molecule has 0 amide bonds. The normalized spacial score (nSPS) is 12.4. The zero-order valence-corrected chi connectivity index (χ0v) is 12.9. The molecule has 0 aliphatic rings. The van der Waals surface area contributed by atoms with Crippen molar-refractivity contribution in [3.05, 3.63) is 47.4 Å². The Morgan fingerprint density at radius 3 is 2.77 bits per heavy atom. The number of halogens is 1. The quantitative estimate of drug-likeness (QED) is 0.766. The number of benzene rings is 1. The van der Waals surface area contributed by atoms with E-state index >= 15 is 0 Å². The summed E-state index contributed by atoms with van der Waals surface area (Å²) in [6, 6.07) is 6.18. The maximum absolute atomic E-state index is 13.1. The number of hydrogen-bond acceptors (Lipinski definition) is 5. The van der Waals surface area contributed by atoms with Crippen LogP contribution >= 0.6 is 0 Å². The summed E-state index contributed by atoms with van der Waals surface area (Å²) in [6.07, 6.45) is 0.417. The Balaban J connectivity index is 1.85. The zero-order valence-electron chi connectivity index (χ0n) is 12.9. The van der Waals surface area contributed by atoms with Gasteiger partial charge in [0.2, 0.25) is 11.7 Å². The average molecular weight is 306 g/mol. The van der Waals surface area contributed by atoms with Gasteiger partial charge in [-0.2, -0.15) is 4.98 Å². The number of rotatable bonds is 6. The molecule has 1 aromatic carbocycles. The highest BCUT2D eigenvalue weighted by Gasteiger charge is 2.17. The van der Waals surface area contributed by atoms with Gasteiger partial charge in [0.15, 0.2) is 6.61 Å². The molecule has 0 saturated heterocycles. The minimum Gasteiger partial charge on any atom is -0.457 e. The molecular weight excluding hydrogens is 287 g/mol. The molecule has 0 aliphatic heterocycles. The number of carbonyl (C=O) groups excluding carboxylic acids is 1. The summed E-state index contributed by atoms with van der Waals surface area (Å²) in [5.41, 5.74) is 0.756. The van der Waals surface area contributed by atoms with E-state index in [2.05, 4.69) is 10.1 Å². The molecule has 0 aliphatic carbocycles. The van der Waals surface area contributed by atoms with Crippen molar-refractivity contribution < 1.29 is 18.4 Å². The largest absolute Gasteiger partial charge is 0.457 e. The van der Waals surface area contributed by atoms with Crippen molar-refractivity contribution in [3.8, 4) is 0 Å². The van der Waals surface area contributed by atoms with Crippen molar-refractivity contribution in [3.63, 3.8) is 0 Å². The zero-order chi connectivity index (χ0) is 16.1. The molecule has 0 spiro atoms. The van der Waals surface area contributed by atoms with Gasteiger partial charge in [0, 0.05) is 5.92 Å². The molecule has 0 radical (unpaired) electrons. The lowest BCUT2D eigenvalue weighted by molar-refractivity contribution is -0.149. The van der Waals surface area contributed by atoms with Crippen molar-refractivity contribution >= 4 is 5.97 Å². The first kappa shape index (κ1) is 16.1. The summed E-state index contributed by atoms with van der Waals surface area (Å²) >= 11 is 0. The van der Waals surface area contributed by atoms with E-state index in [1.165, 1.54) is 12.1 Å². The van der Waals surface area contributed by atoms with Crippen LogP contribution in [-0.4, -0.2) is 16.1 Å². The van der Waals surface area contributed by atoms with Crippen molar-refractivity contribution in [2.45, 2.75) is 39.7 Å². The average Bonchev–Trinajstić information content (AvgIpc) is 2.93. The number of carbonyl (C=O) groups is 1. The van der Waals surface area contributed by atoms with E-state index in [4.69, 9.17) is 9.26 Å². The Morgan fingerprint density at radius 2 is 2.14 bits per heavy atom. The molecule has 1 heterocycles. The molecule has 0 fully saturated rings. The summed E-state index contributed by atoms with van der Waals surface area (Å²) in [7, 11) is 0. The molecule has 1 atom stereocenters. The molecule has 118 valence electrons. The van der Waals surface area contributed by atoms with E-state index in [0.29, 0.717) is 18.1 Å². The fourth-order valence-corrected chi connectivity index (χ4v) is 1.94. The van der Waals surface area contributed by atoms with Gasteiger partial charge >= 0.3 is 5.97 Å². The lowest BCUT2D eigenvalue weighted by atomic mass is 10.0. The Hall–Kier alpha value is -2.24. The van der Waals surface area contributed by atoms with E-state index in [9.17, 15) is 9.18 Å². The van der Waals surface area contributed by atoms with Crippen LogP contribution in [0.15, 0.2) is 28.8 Å². The van der Waals surface area contributed by atoms with E-state index in [0.717, 1.165) is 5.56 Å². The molecule has 6 heteroatoms. The maximum atomic E-state index is 13.1. The van der Waals surface area contributed by atoms with Crippen LogP contribution in [0.3, 0.4) is 0 Å². The van der Waals surface area contributed by atoms with Gasteiger partial charge in [-0.1, -0.05) is 38.1 Å². The Kier molecular flexibility index (Phi) is 5.25. The molecule has 22 heavy (non-hydrogen) atoms. The lowest BCUT2D eigenvalue weighted by Crippen LogP contribution is -2.17. The second kappa shape index (κ2) is 7.15. The maximum Gasteiger partial charge on any atom is 0.309 e. The Bertz CT molecular complexity index is 640. The first-order valence-corrected chi connectivity index (χ1v) is 7.19. The SMILES string of the molecule is CC(Cc1cccc(F)c1)C(=O)OCc1noc(C(C)C)n1. The van der Waals surface area contributed by atoms with Gasteiger partial charge in [0.25, 0.3) is 0 Å². The van der Waals surface area contributed by atoms with Gasteiger partial charge in [-0.05, 0) is 24.1 Å². The van der Waals surface area contributed by atoms with Gasteiger partial charge in [0.05, 0.1) is 5.92 Å². The third kappa shape index (κ3) is 4.38. The smallest absolute Gasteiger partial charge is 0.309 e. The molecule has 5 nitrogen and oxygen atoms in total. The van der Waals surface area contributed by atoms with Crippen LogP contribution in [0.1, 0.15) is 44.0 Å². The molecule has 1 aromatic heterocycles. The highest BCUT2D eigenvalue weighted by Crippen LogP contribution is 2.14. The van der Waals surface area contributed by atoms with Crippen molar-refractivity contribution in [2.24, 2.45) is 5.92 Å². The fourth-order valence-electron chi connectivity index (χ4n) is 1.94. The summed E-state index contributed by atoms with van der Waals surface area (Å²) in [5.74, 6) is -0.0813. The molecule has 2 aromatic rings. The topological polar surface area (TPSA) is 65.2 Å². The van der Waals surface area contributed by atoms with E-state index in [1.54, 1.807) is 19.1 Å². The minimum atomic E-state index is -0.377. The van der Waals surface area contributed by atoms with Crippen LogP contribution in [0.25, 0.3) is 0 Å². The van der Waals surface area contributed by atoms with Crippen LogP contribution < -0.4 is 0 Å². The van der Waals surface area contributed by atoms with Crippen LogP contribution in [0.4, 0.5) is 4.39 Å². The van der Waals surface area contributed by atoms with Crippen molar-refractivity contribution in [1.82, 2.24) is 10.1 Å². The van der Waals surface area contributed by atoms with Gasteiger partial charge in [-0.3, -0.25) is 4.79 Å². The third-order valence-electron chi connectivity index (χ3n) is 3.15. The summed E-state index contributed by atoms with van der Waals surface area (Å²) in [5, 5.41) is 3.75. The van der Waals surface area contributed by atoms with E-state index in [-0.39, 0.29) is 30.2 Å². The van der Waals surface area contributed by atoms with Crippen molar-refractivity contribution in [1.29, 1.82) is 0 Å². The fraction of sp³-hybridized carbons (Fsp3) is 0.438. The molecule has 0 N–H and O–H groups in total. The second-order valence-corrected chi connectivity index (χ2v) is 5.55. The first-order valence-electron chi connectivity index (χ1n) is 7.19. The Labute approximate surface area is 128 Å². The predicted octanol–water partition coefficient (Wildman–Crippen LogP) is 3.25. The lowest BCUT2D eigenvalue weighted by Gasteiger charge is -2.10. The number of esters is 1. The van der Waals surface area contributed by atoms with E-state index in [1.807, 2.05) is 13.8 Å². The van der Waals surface area contributed by atoms with Crippen LogP contribution in [0.5, 0.6) is 0 Å². The number of hydrogen-bond donors (Lipinski definition) is 0. The van der Waals surface area contributed by atoms with Gasteiger partial charge in [-0.25, -0.2) is 4.39 Å².